The van der Waals surface area contributed by atoms with E-state index in [1.807, 2.05) is 52.0 Å². The SMILES string of the molecule is CCOc1ccc(Cc2cc([C@@H]3O[C@H](COC(=O)COC(C)(C)C)[C@@H](O)[C@H](O)[C@H]3O)ccc2Cl)cc1. The largest absolute Gasteiger partial charge is 0.494 e. The van der Waals surface area contributed by atoms with Crippen LogP contribution in [0.25, 0.3) is 0 Å². The van der Waals surface area contributed by atoms with Gasteiger partial charge in [-0.3, -0.25) is 0 Å². The molecule has 0 amide bonds. The molecule has 0 spiro atoms. The summed E-state index contributed by atoms with van der Waals surface area (Å²) in [6, 6.07) is 12.9. The fourth-order valence-corrected chi connectivity index (χ4v) is 4.04. The number of hydrogen-bond donors (Lipinski definition) is 3. The molecule has 8 nitrogen and oxygen atoms in total. The lowest BCUT2D eigenvalue weighted by Crippen LogP contribution is -2.55. The molecule has 0 saturated carbocycles. The van der Waals surface area contributed by atoms with E-state index in [9.17, 15) is 20.1 Å². The molecule has 9 heteroatoms. The van der Waals surface area contributed by atoms with Crippen LogP contribution >= 0.6 is 11.6 Å². The number of benzene rings is 2. The number of aliphatic hydroxyl groups excluding tert-OH is 3. The zero-order valence-corrected chi connectivity index (χ0v) is 21.8. The maximum Gasteiger partial charge on any atom is 0.332 e. The lowest BCUT2D eigenvalue weighted by molar-refractivity contribution is -0.235. The highest BCUT2D eigenvalue weighted by Crippen LogP contribution is 2.34. The summed E-state index contributed by atoms with van der Waals surface area (Å²) in [5.41, 5.74) is 1.88. The Morgan fingerprint density at radius 1 is 1.03 bits per heavy atom. The fraction of sp³-hybridized carbons (Fsp3) is 0.519. The van der Waals surface area contributed by atoms with Crippen LogP contribution in [-0.2, 0) is 25.4 Å². The minimum absolute atomic E-state index is 0.257. The first kappa shape index (κ1) is 28.4. The molecule has 0 bridgehead atoms. The first-order valence-electron chi connectivity index (χ1n) is 12.0. The molecule has 1 fully saturated rings. The van der Waals surface area contributed by atoms with E-state index in [0.717, 1.165) is 16.9 Å². The van der Waals surface area contributed by atoms with Crippen molar-refractivity contribution >= 4 is 17.6 Å². The Morgan fingerprint density at radius 3 is 2.36 bits per heavy atom. The zero-order chi connectivity index (χ0) is 26.5. The minimum atomic E-state index is -1.50. The Labute approximate surface area is 216 Å². The number of halogens is 1. The highest BCUT2D eigenvalue weighted by molar-refractivity contribution is 6.31. The van der Waals surface area contributed by atoms with Gasteiger partial charge in [0.05, 0.1) is 12.2 Å². The quantitative estimate of drug-likeness (QED) is 0.430. The number of rotatable bonds is 9. The maximum atomic E-state index is 12.0. The summed E-state index contributed by atoms with van der Waals surface area (Å²) in [5, 5.41) is 32.1. The van der Waals surface area contributed by atoms with Crippen LogP contribution in [0.2, 0.25) is 5.02 Å². The highest BCUT2D eigenvalue weighted by atomic mass is 35.5. The smallest absolute Gasteiger partial charge is 0.332 e. The number of ether oxygens (including phenoxy) is 4. The van der Waals surface area contributed by atoms with Crippen LogP contribution in [0.1, 0.15) is 50.5 Å². The molecule has 3 rings (SSSR count). The molecule has 0 unspecified atom stereocenters. The topological polar surface area (TPSA) is 115 Å². The van der Waals surface area contributed by atoms with Gasteiger partial charge in [-0.15, -0.1) is 0 Å². The van der Waals surface area contributed by atoms with Gasteiger partial charge in [0.1, 0.15) is 49.5 Å². The van der Waals surface area contributed by atoms with Crippen molar-refractivity contribution in [1.82, 2.24) is 0 Å². The Balaban J connectivity index is 1.71. The van der Waals surface area contributed by atoms with Crippen LogP contribution < -0.4 is 4.74 Å². The molecular formula is C27H35ClO8. The van der Waals surface area contributed by atoms with Gasteiger partial charge in [-0.1, -0.05) is 35.9 Å². The Bertz CT molecular complexity index is 1000. The summed E-state index contributed by atoms with van der Waals surface area (Å²) in [7, 11) is 0. The minimum Gasteiger partial charge on any atom is -0.494 e. The normalized spacial score (nSPS) is 24.4. The first-order chi connectivity index (χ1) is 17.0. The standard InChI is InChI=1S/C27H35ClO8/c1-5-33-19-9-6-16(7-10-19)12-18-13-17(8-11-20(18)28)26-25(32)24(31)23(30)21(36-26)14-34-22(29)15-35-27(2,3)4/h6-11,13,21,23-26,30-32H,5,12,14-15H2,1-4H3/t21-,23-,24+,25-,26+/m1/s1. The van der Waals surface area contributed by atoms with E-state index < -0.39 is 42.1 Å². The van der Waals surface area contributed by atoms with Gasteiger partial charge in [0.2, 0.25) is 0 Å². The second-order valence-electron chi connectivity index (χ2n) is 9.76. The molecular weight excluding hydrogens is 488 g/mol. The monoisotopic (exact) mass is 522 g/mol. The van der Waals surface area contributed by atoms with E-state index in [4.69, 9.17) is 30.5 Å². The van der Waals surface area contributed by atoms with Crippen molar-refractivity contribution in [2.75, 3.05) is 19.8 Å². The number of esters is 1. The molecule has 1 aliphatic heterocycles. The summed E-state index contributed by atoms with van der Waals surface area (Å²) >= 11 is 6.44. The van der Waals surface area contributed by atoms with E-state index in [1.165, 1.54) is 0 Å². The molecule has 1 saturated heterocycles. The fourth-order valence-electron chi connectivity index (χ4n) is 3.85. The van der Waals surface area contributed by atoms with Gasteiger partial charge in [-0.25, -0.2) is 4.79 Å². The summed E-state index contributed by atoms with van der Waals surface area (Å²) in [6.07, 6.45) is -5.81. The van der Waals surface area contributed by atoms with Crippen LogP contribution in [0.4, 0.5) is 0 Å². The van der Waals surface area contributed by atoms with Crippen LogP contribution in [-0.4, -0.2) is 71.1 Å². The summed E-state index contributed by atoms with van der Waals surface area (Å²) in [5.74, 6) is 0.158. The molecule has 5 atom stereocenters. The second kappa shape index (κ2) is 12.4. The van der Waals surface area contributed by atoms with E-state index in [1.54, 1.807) is 18.2 Å². The molecule has 1 heterocycles. The molecule has 1 aliphatic rings. The Hall–Kier alpha value is -2.20. The number of aliphatic hydroxyl groups is 3. The van der Waals surface area contributed by atoms with Crippen molar-refractivity contribution in [3.05, 3.63) is 64.2 Å². The predicted molar refractivity (Wildman–Crippen MR) is 134 cm³/mol. The molecule has 0 radical (unpaired) electrons. The average molecular weight is 523 g/mol. The van der Waals surface area contributed by atoms with Gasteiger partial charge >= 0.3 is 5.97 Å². The number of carbonyl (C=O) groups excluding carboxylic acids is 1. The van der Waals surface area contributed by atoms with Crippen molar-refractivity contribution in [2.24, 2.45) is 0 Å². The van der Waals surface area contributed by atoms with Crippen molar-refractivity contribution in [2.45, 2.75) is 70.2 Å². The highest BCUT2D eigenvalue weighted by Gasteiger charge is 2.44. The third kappa shape index (κ3) is 7.65. The van der Waals surface area contributed by atoms with Gasteiger partial charge in [0, 0.05) is 5.02 Å². The Kier molecular flexibility index (Phi) is 9.74. The van der Waals surface area contributed by atoms with Gasteiger partial charge in [0.15, 0.2) is 0 Å². The number of hydrogen-bond acceptors (Lipinski definition) is 8. The second-order valence-corrected chi connectivity index (χ2v) is 10.2. The average Bonchev–Trinajstić information content (AvgIpc) is 2.83. The van der Waals surface area contributed by atoms with Crippen molar-refractivity contribution in [1.29, 1.82) is 0 Å². The maximum absolute atomic E-state index is 12.0. The van der Waals surface area contributed by atoms with Crippen LogP contribution in [0.3, 0.4) is 0 Å². The predicted octanol–water partition coefficient (Wildman–Crippen LogP) is 3.21. The zero-order valence-electron chi connectivity index (χ0n) is 21.0. The lowest BCUT2D eigenvalue weighted by Gasteiger charge is -2.40. The van der Waals surface area contributed by atoms with Gasteiger partial charge in [0.25, 0.3) is 0 Å². The van der Waals surface area contributed by atoms with E-state index >= 15 is 0 Å². The third-order valence-corrected chi connectivity index (χ3v) is 6.14. The lowest BCUT2D eigenvalue weighted by atomic mass is 9.90. The van der Waals surface area contributed by atoms with E-state index in [0.29, 0.717) is 23.6 Å². The van der Waals surface area contributed by atoms with E-state index in [-0.39, 0.29) is 13.2 Å². The molecule has 0 aromatic heterocycles. The van der Waals surface area contributed by atoms with Gasteiger partial charge < -0.3 is 34.3 Å². The molecule has 198 valence electrons. The summed E-state index contributed by atoms with van der Waals surface area (Å²) < 4.78 is 22.0. The Morgan fingerprint density at radius 2 is 1.72 bits per heavy atom. The third-order valence-electron chi connectivity index (χ3n) is 5.77. The molecule has 3 N–H and O–H groups in total. The number of carbonyl (C=O) groups is 1. The molecule has 2 aromatic carbocycles. The molecule has 36 heavy (non-hydrogen) atoms. The van der Waals surface area contributed by atoms with Crippen LogP contribution in [0.15, 0.2) is 42.5 Å². The van der Waals surface area contributed by atoms with Gasteiger partial charge in [-0.05, 0) is 69.0 Å². The summed E-state index contributed by atoms with van der Waals surface area (Å²) in [6.45, 7) is 7.38. The van der Waals surface area contributed by atoms with Crippen molar-refractivity contribution in [3.8, 4) is 5.75 Å². The molecule has 2 aromatic rings. The molecule has 0 aliphatic carbocycles. The first-order valence-corrected chi connectivity index (χ1v) is 12.4. The summed E-state index contributed by atoms with van der Waals surface area (Å²) in [4.78, 5) is 12.0. The van der Waals surface area contributed by atoms with E-state index in [2.05, 4.69) is 0 Å². The van der Waals surface area contributed by atoms with Crippen LogP contribution in [0, 0.1) is 0 Å². The van der Waals surface area contributed by atoms with Crippen molar-refractivity contribution < 1.29 is 39.1 Å². The van der Waals surface area contributed by atoms with Gasteiger partial charge in [-0.2, -0.15) is 0 Å². The van der Waals surface area contributed by atoms with Crippen LogP contribution in [0.5, 0.6) is 5.75 Å². The van der Waals surface area contributed by atoms with Crippen molar-refractivity contribution in [3.63, 3.8) is 0 Å².